The van der Waals surface area contributed by atoms with E-state index in [9.17, 15) is 0 Å². The van der Waals surface area contributed by atoms with Crippen LogP contribution < -0.4 is 0 Å². The molecule has 1 saturated carbocycles. The van der Waals surface area contributed by atoms with Crippen molar-refractivity contribution >= 4 is 11.0 Å². The Hall–Kier alpha value is -1.38. The largest absolute Gasteiger partial charge is 0.242 e. The van der Waals surface area contributed by atoms with E-state index in [2.05, 4.69) is 41.0 Å². The quantitative estimate of drug-likeness (QED) is 0.731. The Balaban J connectivity index is 2.15. The van der Waals surface area contributed by atoms with Gasteiger partial charge < -0.3 is 0 Å². The van der Waals surface area contributed by atoms with Gasteiger partial charge in [-0.25, -0.2) is 4.68 Å². The van der Waals surface area contributed by atoms with Gasteiger partial charge in [-0.05, 0) is 49.9 Å². The third-order valence-electron chi connectivity index (χ3n) is 3.76. The number of aryl methyl sites for hydroxylation is 2. The lowest BCUT2D eigenvalue weighted by molar-refractivity contribution is 0.467. The van der Waals surface area contributed by atoms with E-state index in [4.69, 9.17) is 0 Å². The molecule has 0 saturated heterocycles. The fourth-order valence-electron chi connectivity index (χ4n) is 2.61. The summed E-state index contributed by atoms with van der Waals surface area (Å²) in [5.41, 5.74) is 4.87. The van der Waals surface area contributed by atoms with E-state index in [1.54, 1.807) is 0 Å². The molecule has 0 unspecified atom stereocenters. The SMILES string of the molecule is Cc1cc2nnn(C3CCCC3)c2cc1C. The molecular formula is C13H17N3. The first-order valence-electron chi connectivity index (χ1n) is 6.08. The maximum Gasteiger partial charge on any atom is 0.113 e. The first-order chi connectivity index (χ1) is 7.75. The van der Waals surface area contributed by atoms with Crippen molar-refractivity contribution in [2.45, 2.75) is 45.6 Å². The van der Waals surface area contributed by atoms with Crippen molar-refractivity contribution in [2.24, 2.45) is 0 Å². The Morgan fingerprint density at radius 1 is 1.12 bits per heavy atom. The molecule has 0 atom stereocenters. The van der Waals surface area contributed by atoms with E-state index in [1.807, 2.05) is 0 Å². The minimum atomic E-state index is 0.576. The highest BCUT2D eigenvalue weighted by molar-refractivity contribution is 5.76. The Bertz CT molecular complexity index is 521. The average molecular weight is 215 g/mol. The number of benzene rings is 1. The van der Waals surface area contributed by atoms with E-state index in [1.165, 1.54) is 42.3 Å². The van der Waals surface area contributed by atoms with Crippen LogP contribution in [0.4, 0.5) is 0 Å². The molecule has 0 N–H and O–H groups in total. The number of aromatic nitrogens is 3. The highest BCUT2D eigenvalue weighted by Gasteiger charge is 2.20. The van der Waals surface area contributed by atoms with Gasteiger partial charge in [0.2, 0.25) is 0 Å². The third kappa shape index (κ3) is 1.42. The van der Waals surface area contributed by atoms with Crippen molar-refractivity contribution in [3.8, 4) is 0 Å². The molecule has 0 radical (unpaired) electrons. The summed E-state index contributed by atoms with van der Waals surface area (Å²) >= 11 is 0. The maximum absolute atomic E-state index is 4.33. The van der Waals surface area contributed by atoms with E-state index >= 15 is 0 Å². The van der Waals surface area contributed by atoms with E-state index in [-0.39, 0.29) is 0 Å². The van der Waals surface area contributed by atoms with Crippen LogP contribution in [0.3, 0.4) is 0 Å². The van der Waals surface area contributed by atoms with Crippen LogP contribution in [0.2, 0.25) is 0 Å². The predicted molar refractivity (Wildman–Crippen MR) is 64.5 cm³/mol. The van der Waals surface area contributed by atoms with Crippen LogP contribution >= 0.6 is 0 Å². The number of rotatable bonds is 1. The smallest absolute Gasteiger partial charge is 0.113 e. The van der Waals surface area contributed by atoms with Crippen molar-refractivity contribution in [2.75, 3.05) is 0 Å². The first kappa shape index (κ1) is 9.82. The summed E-state index contributed by atoms with van der Waals surface area (Å²) in [5.74, 6) is 0. The van der Waals surface area contributed by atoms with Crippen LogP contribution in [0.15, 0.2) is 12.1 Å². The summed E-state index contributed by atoms with van der Waals surface area (Å²) in [7, 11) is 0. The minimum absolute atomic E-state index is 0.576. The Morgan fingerprint density at radius 2 is 1.81 bits per heavy atom. The molecule has 1 aromatic carbocycles. The third-order valence-corrected chi connectivity index (χ3v) is 3.76. The van der Waals surface area contributed by atoms with Gasteiger partial charge in [0.05, 0.1) is 11.6 Å². The summed E-state index contributed by atoms with van der Waals surface area (Å²) in [6.45, 7) is 4.28. The Kier molecular flexibility index (Phi) is 2.20. The van der Waals surface area contributed by atoms with Crippen LogP contribution in [0.1, 0.15) is 42.9 Å². The minimum Gasteiger partial charge on any atom is -0.242 e. The van der Waals surface area contributed by atoms with Crippen LogP contribution in [-0.2, 0) is 0 Å². The standard InChI is InChI=1S/C13H17N3/c1-9-7-12-13(8-10(9)2)16(15-14-12)11-5-3-4-6-11/h7-8,11H,3-6H2,1-2H3. The van der Waals surface area contributed by atoms with E-state index < -0.39 is 0 Å². The lowest BCUT2D eigenvalue weighted by atomic mass is 10.1. The molecule has 84 valence electrons. The number of fused-ring (bicyclic) bond motifs is 1. The second kappa shape index (κ2) is 3.58. The van der Waals surface area contributed by atoms with Crippen LogP contribution in [-0.4, -0.2) is 15.0 Å². The van der Waals surface area contributed by atoms with Crippen LogP contribution in [0.5, 0.6) is 0 Å². The molecule has 2 aromatic rings. The van der Waals surface area contributed by atoms with Crippen molar-refractivity contribution in [1.29, 1.82) is 0 Å². The highest BCUT2D eigenvalue weighted by atomic mass is 15.4. The van der Waals surface area contributed by atoms with Gasteiger partial charge in [-0.1, -0.05) is 18.1 Å². The summed E-state index contributed by atoms with van der Waals surface area (Å²) < 4.78 is 2.13. The molecule has 0 bridgehead atoms. The van der Waals surface area contributed by atoms with Gasteiger partial charge in [0, 0.05) is 0 Å². The average Bonchev–Trinajstić information content (AvgIpc) is 2.87. The molecule has 1 aliphatic rings. The second-order valence-electron chi connectivity index (χ2n) is 4.90. The van der Waals surface area contributed by atoms with Crippen molar-refractivity contribution in [3.05, 3.63) is 23.3 Å². The topological polar surface area (TPSA) is 30.7 Å². The molecule has 3 heteroatoms. The summed E-state index contributed by atoms with van der Waals surface area (Å²) in [6, 6.07) is 4.94. The van der Waals surface area contributed by atoms with Gasteiger partial charge in [-0.2, -0.15) is 0 Å². The predicted octanol–water partition coefficient (Wildman–Crippen LogP) is 3.16. The van der Waals surface area contributed by atoms with Gasteiger partial charge in [-0.3, -0.25) is 0 Å². The molecule has 1 fully saturated rings. The lowest BCUT2D eigenvalue weighted by Crippen LogP contribution is -2.06. The van der Waals surface area contributed by atoms with Crippen molar-refractivity contribution < 1.29 is 0 Å². The number of hydrogen-bond donors (Lipinski definition) is 0. The van der Waals surface area contributed by atoms with Crippen LogP contribution in [0.25, 0.3) is 11.0 Å². The summed E-state index contributed by atoms with van der Waals surface area (Å²) in [4.78, 5) is 0. The van der Waals surface area contributed by atoms with Gasteiger partial charge in [0.25, 0.3) is 0 Å². The molecule has 16 heavy (non-hydrogen) atoms. The zero-order valence-corrected chi connectivity index (χ0v) is 9.90. The summed E-state index contributed by atoms with van der Waals surface area (Å²) in [6.07, 6.45) is 5.17. The molecule has 1 aromatic heterocycles. The second-order valence-corrected chi connectivity index (χ2v) is 4.90. The van der Waals surface area contributed by atoms with Gasteiger partial charge in [-0.15, -0.1) is 5.10 Å². The molecule has 3 rings (SSSR count). The van der Waals surface area contributed by atoms with Crippen LogP contribution in [0, 0.1) is 13.8 Å². The Labute approximate surface area is 95.5 Å². The van der Waals surface area contributed by atoms with Gasteiger partial charge in [0.15, 0.2) is 0 Å². The monoisotopic (exact) mass is 215 g/mol. The molecule has 0 spiro atoms. The normalized spacial score (nSPS) is 17.4. The molecule has 0 amide bonds. The first-order valence-corrected chi connectivity index (χ1v) is 6.08. The van der Waals surface area contributed by atoms with Gasteiger partial charge in [0.1, 0.15) is 5.52 Å². The highest BCUT2D eigenvalue weighted by Crippen LogP contribution is 2.31. The molecule has 0 aliphatic heterocycles. The molecule has 3 nitrogen and oxygen atoms in total. The van der Waals surface area contributed by atoms with Crippen molar-refractivity contribution in [3.63, 3.8) is 0 Å². The number of hydrogen-bond acceptors (Lipinski definition) is 2. The molecule has 1 heterocycles. The Morgan fingerprint density at radius 3 is 2.56 bits per heavy atom. The molecule has 1 aliphatic carbocycles. The fraction of sp³-hybridized carbons (Fsp3) is 0.538. The summed E-state index contributed by atoms with van der Waals surface area (Å²) in [5, 5.41) is 8.60. The lowest BCUT2D eigenvalue weighted by Gasteiger charge is -2.10. The van der Waals surface area contributed by atoms with E-state index in [0.29, 0.717) is 6.04 Å². The van der Waals surface area contributed by atoms with Crippen molar-refractivity contribution in [1.82, 2.24) is 15.0 Å². The van der Waals surface area contributed by atoms with Gasteiger partial charge >= 0.3 is 0 Å². The zero-order valence-electron chi connectivity index (χ0n) is 9.90. The molecular weight excluding hydrogens is 198 g/mol. The fourth-order valence-corrected chi connectivity index (χ4v) is 2.61. The zero-order chi connectivity index (χ0) is 11.1. The number of nitrogens with zero attached hydrogens (tertiary/aromatic N) is 3. The maximum atomic E-state index is 4.33. The van der Waals surface area contributed by atoms with E-state index in [0.717, 1.165) is 5.52 Å².